The minimum Gasteiger partial charge on any atom is -0.456 e. The summed E-state index contributed by atoms with van der Waals surface area (Å²) in [6.45, 7) is 6.07. The second-order valence-corrected chi connectivity index (χ2v) is 5.75. The van der Waals surface area contributed by atoms with Gasteiger partial charge in [0.1, 0.15) is 11.6 Å². The van der Waals surface area contributed by atoms with Crippen molar-refractivity contribution in [2.75, 3.05) is 6.54 Å². The Hall–Kier alpha value is -1.88. The lowest BCUT2D eigenvalue weighted by molar-refractivity contribution is 0.0727. The van der Waals surface area contributed by atoms with Crippen molar-refractivity contribution in [1.29, 1.82) is 0 Å². The maximum Gasteiger partial charge on any atom is 0.290 e. The summed E-state index contributed by atoms with van der Waals surface area (Å²) in [5.41, 5.74) is 0.437. The summed E-state index contributed by atoms with van der Waals surface area (Å²) >= 11 is 3.31. The SMILES string of the molecule is C=CCN(Cc1cc(Br)ccc1F)C(=O)c1ccc(CC)o1. The highest BCUT2D eigenvalue weighted by atomic mass is 79.9. The van der Waals surface area contributed by atoms with Crippen LogP contribution in [0.1, 0.15) is 28.8 Å². The Balaban J connectivity index is 2.23. The van der Waals surface area contributed by atoms with Crippen LogP contribution in [0.3, 0.4) is 0 Å². The van der Waals surface area contributed by atoms with E-state index in [1.54, 1.807) is 30.3 Å². The van der Waals surface area contributed by atoms with Crippen molar-refractivity contribution in [1.82, 2.24) is 4.90 Å². The van der Waals surface area contributed by atoms with Crippen LogP contribution < -0.4 is 0 Å². The first kappa shape index (κ1) is 16.5. The molecule has 116 valence electrons. The van der Waals surface area contributed by atoms with Crippen molar-refractivity contribution in [3.63, 3.8) is 0 Å². The Kier molecular flexibility index (Phi) is 5.55. The molecule has 0 unspecified atom stereocenters. The zero-order valence-corrected chi connectivity index (χ0v) is 13.9. The minimum absolute atomic E-state index is 0.151. The van der Waals surface area contributed by atoms with Gasteiger partial charge in [0.25, 0.3) is 5.91 Å². The number of rotatable bonds is 6. The third kappa shape index (κ3) is 3.85. The lowest BCUT2D eigenvalue weighted by Crippen LogP contribution is -2.30. The van der Waals surface area contributed by atoms with Crippen LogP contribution in [0.5, 0.6) is 0 Å². The molecule has 5 heteroatoms. The predicted molar refractivity (Wildman–Crippen MR) is 87.1 cm³/mol. The van der Waals surface area contributed by atoms with E-state index in [0.717, 1.165) is 16.7 Å². The quantitative estimate of drug-likeness (QED) is 0.702. The third-order valence-electron chi connectivity index (χ3n) is 3.23. The normalized spacial score (nSPS) is 10.5. The molecule has 0 fully saturated rings. The molecular formula is C17H17BrFNO2. The van der Waals surface area contributed by atoms with Crippen molar-refractivity contribution in [2.45, 2.75) is 19.9 Å². The summed E-state index contributed by atoms with van der Waals surface area (Å²) in [5.74, 6) is 0.377. The van der Waals surface area contributed by atoms with Gasteiger partial charge in [-0.15, -0.1) is 6.58 Å². The highest BCUT2D eigenvalue weighted by Gasteiger charge is 2.20. The number of benzene rings is 1. The summed E-state index contributed by atoms with van der Waals surface area (Å²) in [7, 11) is 0. The molecule has 0 atom stereocenters. The molecule has 0 saturated heterocycles. The van der Waals surface area contributed by atoms with E-state index in [1.807, 2.05) is 6.92 Å². The third-order valence-corrected chi connectivity index (χ3v) is 3.72. The molecule has 0 radical (unpaired) electrons. The summed E-state index contributed by atoms with van der Waals surface area (Å²) in [4.78, 5) is 14.0. The van der Waals surface area contributed by atoms with Crippen LogP contribution >= 0.6 is 15.9 Å². The molecule has 0 N–H and O–H groups in total. The molecule has 3 nitrogen and oxygen atoms in total. The largest absolute Gasteiger partial charge is 0.456 e. The van der Waals surface area contributed by atoms with Crippen LogP contribution in [-0.4, -0.2) is 17.4 Å². The molecular weight excluding hydrogens is 349 g/mol. The molecule has 0 aliphatic carbocycles. The highest BCUT2D eigenvalue weighted by molar-refractivity contribution is 9.10. The Morgan fingerprint density at radius 1 is 1.41 bits per heavy atom. The monoisotopic (exact) mass is 365 g/mol. The smallest absolute Gasteiger partial charge is 0.290 e. The van der Waals surface area contributed by atoms with Crippen molar-refractivity contribution in [2.24, 2.45) is 0 Å². The first-order valence-corrected chi connectivity index (χ1v) is 7.77. The summed E-state index contributed by atoms with van der Waals surface area (Å²) < 4.78 is 20.1. The molecule has 2 rings (SSSR count). The van der Waals surface area contributed by atoms with E-state index in [0.29, 0.717) is 12.1 Å². The second kappa shape index (κ2) is 7.40. The van der Waals surface area contributed by atoms with Crippen LogP contribution in [-0.2, 0) is 13.0 Å². The van der Waals surface area contributed by atoms with Gasteiger partial charge in [0.2, 0.25) is 0 Å². The van der Waals surface area contributed by atoms with Gasteiger partial charge >= 0.3 is 0 Å². The van der Waals surface area contributed by atoms with Gasteiger partial charge < -0.3 is 9.32 Å². The topological polar surface area (TPSA) is 33.5 Å². The van der Waals surface area contributed by atoms with E-state index in [2.05, 4.69) is 22.5 Å². The fourth-order valence-electron chi connectivity index (χ4n) is 2.08. The maximum atomic E-state index is 13.9. The molecule has 1 aromatic heterocycles. The number of carbonyl (C=O) groups excluding carboxylic acids is 1. The molecule has 22 heavy (non-hydrogen) atoms. The zero-order chi connectivity index (χ0) is 16.1. The van der Waals surface area contributed by atoms with Crippen molar-refractivity contribution < 1.29 is 13.6 Å². The number of carbonyl (C=O) groups is 1. The fourth-order valence-corrected chi connectivity index (χ4v) is 2.49. The van der Waals surface area contributed by atoms with E-state index >= 15 is 0 Å². The van der Waals surface area contributed by atoms with Gasteiger partial charge in [-0.1, -0.05) is 28.9 Å². The Morgan fingerprint density at radius 3 is 2.82 bits per heavy atom. The average Bonchev–Trinajstić information content (AvgIpc) is 2.98. The van der Waals surface area contributed by atoms with E-state index in [1.165, 1.54) is 11.0 Å². The Morgan fingerprint density at radius 2 is 2.18 bits per heavy atom. The number of nitrogens with zero attached hydrogens (tertiary/aromatic N) is 1. The Bertz CT molecular complexity index is 681. The number of hydrogen-bond acceptors (Lipinski definition) is 2. The van der Waals surface area contributed by atoms with Crippen molar-refractivity contribution >= 4 is 21.8 Å². The van der Waals surface area contributed by atoms with Crippen LogP contribution in [0.4, 0.5) is 4.39 Å². The second-order valence-electron chi connectivity index (χ2n) is 4.83. The van der Waals surface area contributed by atoms with E-state index in [4.69, 9.17) is 4.42 Å². The summed E-state index contributed by atoms with van der Waals surface area (Å²) in [6.07, 6.45) is 2.33. The molecule has 0 bridgehead atoms. The maximum absolute atomic E-state index is 13.9. The molecule has 1 heterocycles. The van der Waals surface area contributed by atoms with Crippen molar-refractivity contribution in [3.8, 4) is 0 Å². The molecule has 0 aliphatic rings. The molecule has 0 aliphatic heterocycles. The van der Waals surface area contributed by atoms with E-state index in [9.17, 15) is 9.18 Å². The summed E-state index contributed by atoms with van der Waals surface area (Å²) in [6, 6.07) is 8.09. The number of hydrogen-bond donors (Lipinski definition) is 0. The Labute approximate surface area is 137 Å². The number of aryl methyl sites for hydroxylation is 1. The molecule has 0 saturated carbocycles. The van der Waals surface area contributed by atoms with E-state index in [-0.39, 0.29) is 24.0 Å². The summed E-state index contributed by atoms with van der Waals surface area (Å²) in [5, 5.41) is 0. The van der Waals surface area contributed by atoms with Gasteiger partial charge in [0.15, 0.2) is 5.76 Å². The van der Waals surface area contributed by atoms with Gasteiger partial charge in [-0.2, -0.15) is 0 Å². The van der Waals surface area contributed by atoms with Crippen LogP contribution in [0.25, 0.3) is 0 Å². The van der Waals surface area contributed by atoms with E-state index < -0.39 is 0 Å². The lowest BCUT2D eigenvalue weighted by Gasteiger charge is -2.20. The fraction of sp³-hybridized carbons (Fsp3) is 0.235. The van der Waals surface area contributed by atoms with Gasteiger partial charge in [0, 0.05) is 29.5 Å². The zero-order valence-electron chi connectivity index (χ0n) is 12.3. The number of amides is 1. The molecule has 0 spiro atoms. The highest BCUT2D eigenvalue weighted by Crippen LogP contribution is 2.19. The number of halogens is 2. The van der Waals surface area contributed by atoms with Crippen LogP contribution in [0.15, 0.2) is 51.9 Å². The molecule has 1 amide bonds. The van der Waals surface area contributed by atoms with Crippen molar-refractivity contribution in [3.05, 3.63) is 70.4 Å². The van der Waals surface area contributed by atoms with Crippen LogP contribution in [0, 0.1) is 5.82 Å². The van der Waals surface area contributed by atoms with Gasteiger partial charge in [0.05, 0.1) is 0 Å². The first-order valence-electron chi connectivity index (χ1n) is 6.98. The lowest BCUT2D eigenvalue weighted by atomic mass is 10.2. The molecule has 2 aromatic rings. The first-order chi connectivity index (χ1) is 10.5. The predicted octanol–water partition coefficient (Wildman–Crippen LogP) is 4.57. The average molecular weight is 366 g/mol. The minimum atomic E-state index is -0.348. The van der Waals surface area contributed by atoms with Gasteiger partial charge in [-0.05, 0) is 30.3 Å². The standard InChI is InChI=1S/C17H17BrFNO2/c1-3-9-20(11-12-10-13(18)5-7-15(12)19)17(21)16-8-6-14(4-2)22-16/h3,5-8,10H,1,4,9,11H2,2H3. The number of furan rings is 1. The van der Waals surface area contributed by atoms with Gasteiger partial charge in [-0.25, -0.2) is 4.39 Å². The van der Waals surface area contributed by atoms with Gasteiger partial charge in [-0.3, -0.25) is 4.79 Å². The molecule has 1 aromatic carbocycles. The van der Waals surface area contributed by atoms with Crippen LogP contribution in [0.2, 0.25) is 0 Å².